The molecule has 0 aromatic carbocycles. The van der Waals surface area contributed by atoms with Gasteiger partial charge in [0.2, 0.25) is 0 Å². The molecule has 0 fully saturated rings. The molecule has 3 nitrogen and oxygen atoms in total. The van der Waals surface area contributed by atoms with Crippen molar-refractivity contribution in [2.24, 2.45) is 0 Å². The van der Waals surface area contributed by atoms with Crippen molar-refractivity contribution in [1.82, 2.24) is 15.3 Å². The zero-order valence-corrected chi connectivity index (χ0v) is 12.3. The molecule has 0 aliphatic heterocycles. The number of aryl methyl sites for hydroxylation is 2. The molecule has 2 heterocycles. The Bertz CT molecular complexity index is 559. The van der Waals surface area contributed by atoms with E-state index in [-0.39, 0.29) is 0 Å². The van der Waals surface area contributed by atoms with E-state index in [4.69, 9.17) is 4.98 Å². The first-order valence-electron chi connectivity index (χ1n) is 6.94. The molecular formula is C15H19N3S. The van der Waals surface area contributed by atoms with E-state index in [0.717, 1.165) is 23.7 Å². The van der Waals surface area contributed by atoms with E-state index in [1.54, 1.807) is 11.3 Å². The Morgan fingerprint density at radius 2 is 2.32 bits per heavy atom. The summed E-state index contributed by atoms with van der Waals surface area (Å²) < 4.78 is 0. The topological polar surface area (TPSA) is 37.8 Å². The maximum absolute atomic E-state index is 4.80. The van der Waals surface area contributed by atoms with Gasteiger partial charge >= 0.3 is 0 Å². The molecule has 1 N–H and O–H groups in total. The zero-order valence-electron chi connectivity index (χ0n) is 11.4. The summed E-state index contributed by atoms with van der Waals surface area (Å²) in [5.41, 5.74) is 3.47. The van der Waals surface area contributed by atoms with Gasteiger partial charge in [0.1, 0.15) is 5.01 Å². The van der Waals surface area contributed by atoms with Crippen molar-refractivity contribution in [3.63, 3.8) is 0 Å². The fourth-order valence-corrected chi connectivity index (χ4v) is 3.76. The molecule has 3 rings (SSSR count). The van der Waals surface area contributed by atoms with Crippen LogP contribution in [0.5, 0.6) is 0 Å². The first kappa shape index (κ1) is 12.8. The van der Waals surface area contributed by atoms with Gasteiger partial charge in [-0.2, -0.15) is 0 Å². The molecular weight excluding hydrogens is 254 g/mol. The number of fused-ring (bicyclic) bond motifs is 1. The lowest BCUT2D eigenvalue weighted by molar-refractivity contribution is 0.476. The molecule has 0 bridgehead atoms. The van der Waals surface area contributed by atoms with Crippen LogP contribution in [0.1, 0.15) is 41.9 Å². The second-order valence-corrected chi connectivity index (χ2v) is 6.08. The molecule has 1 unspecified atom stereocenters. The lowest BCUT2D eigenvalue weighted by atomic mass is 9.98. The van der Waals surface area contributed by atoms with Crippen LogP contribution >= 0.6 is 11.3 Å². The summed E-state index contributed by atoms with van der Waals surface area (Å²) in [6, 6.07) is 4.66. The normalized spacial score (nSPS) is 18.3. The van der Waals surface area contributed by atoms with E-state index in [0.29, 0.717) is 6.04 Å². The minimum Gasteiger partial charge on any atom is -0.309 e. The average Bonchev–Trinajstić information content (AvgIpc) is 2.85. The monoisotopic (exact) mass is 273 g/mol. The minimum absolute atomic E-state index is 0.491. The molecule has 1 atom stereocenters. The van der Waals surface area contributed by atoms with Crippen LogP contribution in [0.15, 0.2) is 18.3 Å². The van der Waals surface area contributed by atoms with E-state index in [9.17, 15) is 0 Å². The molecule has 2 aromatic rings. The highest BCUT2D eigenvalue weighted by Crippen LogP contribution is 2.37. The predicted molar refractivity (Wildman–Crippen MR) is 79.4 cm³/mol. The molecule has 0 saturated heterocycles. The van der Waals surface area contributed by atoms with Gasteiger partial charge in [-0.1, -0.05) is 13.0 Å². The molecule has 2 aromatic heterocycles. The third-order valence-corrected chi connectivity index (χ3v) is 4.77. The Morgan fingerprint density at radius 3 is 3.05 bits per heavy atom. The quantitative estimate of drug-likeness (QED) is 0.930. The van der Waals surface area contributed by atoms with Crippen LogP contribution in [0.4, 0.5) is 0 Å². The van der Waals surface area contributed by atoms with Crippen LogP contribution in [0.2, 0.25) is 0 Å². The van der Waals surface area contributed by atoms with E-state index < -0.39 is 0 Å². The smallest absolute Gasteiger partial charge is 0.142 e. The molecule has 1 aliphatic rings. The average molecular weight is 273 g/mol. The van der Waals surface area contributed by atoms with Gasteiger partial charge in [-0.05, 0) is 44.4 Å². The molecule has 0 radical (unpaired) electrons. The van der Waals surface area contributed by atoms with Crippen molar-refractivity contribution in [1.29, 1.82) is 0 Å². The summed E-state index contributed by atoms with van der Waals surface area (Å²) in [5, 5.41) is 4.63. The van der Waals surface area contributed by atoms with Gasteiger partial charge in [0.05, 0.1) is 11.4 Å². The summed E-state index contributed by atoms with van der Waals surface area (Å²) in [7, 11) is 0. The Hall–Kier alpha value is -1.26. The second-order valence-electron chi connectivity index (χ2n) is 5.05. The first-order chi connectivity index (χ1) is 9.28. The van der Waals surface area contributed by atoms with Gasteiger partial charge in [0, 0.05) is 17.1 Å². The van der Waals surface area contributed by atoms with Gasteiger partial charge in [0.25, 0.3) is 0 Å². The number of thiazole rings is 1. The SMILES string of the molecule is CCNC1CCCc2nc(-c3ccc(C)cn3)sc21. The Labute approximate surface area is 118 Å². The first-order valence-corrected chi connectivity index (χ1v) is 7.75. The Morgan fingerprint density at radius 1 is 1.42 bits per heavy atom. The summed E-state index contributed by atoms with van der Waals surface area (Å²) in [5.74, 6) is 0. The fourth-order valence-electron chi connectivity index (χ4n) is 2.56. The second kappa shape index (κ2) is 5.39. The molecule has 100 valence electrons. The summed E-state index contributed by atoms with van der Waals surface area (Å²) >= 11 is 1.81. The van der Waals surface area contributed by atoms with Crippen molar-refractivity contribution in [2.45, 2.75) is 39.2 Å². The van der Waals surface area contributed by atoms with Crippen LogP contribution in [0, 0.1) is 6.92 Å². The lowest BCUT2D eigenvalue weighted by Gasteiger charge is -2.21. The predicted octanol–water partition coefficient (Wildman–Crippen LogP) is 3.50. The Kier molecular flexibility index (Phi) is 3.62. The molecule has 1 aliphatic carbocycles. The molecule has 0 spiro atoms. The number of aromatic nitrogens is 2. The highest BCUT2D eigenvalue weighted by molar-refractivity contribution is 7.15. The van der Waals surface area contributed by atoms with Gasteiger partial charge in [0.15, 0.2) is 0 Å². The maximum Gasteiger partial charge on any atom is 0.142 e. The highest BCUT2D eigenvalue weighted by Gasteiger charge is 2.24. The Balaban J connectivity index is 1.95. The van der Waals surface area contributed by atoms with Gasteiger partial charge in [-0.3, -0.25) is 4.98 Å². The number of hydrogen-bond acceptors (Lipinski definition) is 4. The number of rotatable bonds is 3. The van der Waals surface area contributed by atoms with Crippen LogP contribution in [-0.2, 0) is 6.42 Å². The van der Waals surface area contributed by atoms with Crippen LogP contribution in [0.25, 0.3) is 10.7 Å². The number of nitrogens with one attached hydrogen (secondary N) is 1. The lowest BCUT2D eigenvalue weighted by Crippen LogP contribution is -2.23. The number of pyridine rings is 1. The highest BCUT2D eigenvalue weighted by atomic mass is 32.1. The summed E-state index contributed by atoms with van der Waals surface area (Å²) in [6.45, 7) is 5.24. The summed E-state index contributed by atoms with van der Waals surface area (Å²) in [4.78, 5) is 10.7. The van der Waals surface area contributed by atoms with Gasteiger partial charge in [-0.15, -0.1) is 11.3 Å². The molecule has 0 saturated carbocycles. The fraction of sp³-hybridized carbons (Fsp3) is 0.467. The third-order valence-electron chi connectivity index (χ3n) is 3.53. The van der Waals surface area contributed by atoms with Gasteiger partial charge in [-0.25, -0.2) is 4.98 Å². The molecule has 19 heavy (non-hydrogen) atoms. The van der Waals surface area contributed by atoms with Crippen molar-refractivity contribution >= 4 is 11.3 Å². The number of nitrogens with zero attached hydrogens (tertiary/aromatic N) is 2. The van der Waals surface area contributed by atoms with Crippen molar-refractivity contribution < 1.29 is 0 Å². The minimum atomic E-state index is 0.491. The van der Waals surface area contributed by atoms with E-state index in [1.807, 2.05) is 6.20 Å². The van der Waals surface area contributed by atoms with Crippen LogP contribution in [0.3, 0.4) is 0 Å². The molecule has 4 heteroatoms. The van der Waals surface area contributed by atoms with Crippen molar-refractivity contribution in [2.75, 3.05) is 6.54 Å². The van der Waals surface area contributed by atoms with Crippen LogP contribution in [-0.4, -0.2) is 16.5 Å². The van der Waals surface area contributed by atoms with Crippen molar-refractivity contribution in [3.8, 4) is 10.7 Å². The van der Waals surface area contributed by atoms with E-state index >= 15 is 0 Å². The molecule has 0 amide bonds. The van der Waals surface area contributed by atoms with E-state index in [2.05, 4.69) is 36.3 Å². The van der Waals surface area contributed by atoms with Crippen molar-refractivity contribution in [3.05, 3.63) is 34.5 Å². The number of hydrogen-bond donors (Lipinski definition) is 1. The maximum atomic E-state index is 4.80. The standard InChI is InChI=1S/C15H19N3S/c1-3-16-11-5-4-6-12-14(11)19-15(18-12)13-8-7-10(2)9-17-13/h7-9,11,16H,3-6H2,1-2H3. The van der Waals surface area contributed by atoms with Crippen LogP contribution < -0.4 is 5.32 Å². The van der Waals surface area contributed by atoms with E-state index in [1.165, 1.54) is 29.0 Å². The third kappa shape index (κ3) is 2.55. The van der Waals surface area contributed by atoms with Gasteiger partial charge < -0.3 is 5.32 Å². The zero-order chi connectivity index (χ0) is 13.2. The summed E-state index contributed by atoms with van der Waals surface area (Å²) in [6.07, 6.45) is 5.48. The largest absolute Gasteiger partial charge is 0.309 e.